The predicted molar refractivity (Wildman–Crippen MR) is 86.1 cm³/mol. The fourth-order valence-corrected chi connectivity index (χ4v) is 2.24. The molecule has 0 aromatic carbocycles. The van der Waals surface area contributed by atoms with Gasteiger partial charge in [0, 0.05) is 25.2 Å². The second-order valence-electron chi connectivity index (χ2n) is 5.73. The van der Waals surface area contributed by atoms with E-state index in [1.54, 1.807) is 0 Å². The molecule has 0 amide bonds. The largest absolute Gasteiger partial charge is 0.461 e. The quantitative estimate of drug-likeness (QED) is 0.796. The van der Waals surface area contributed by atoms with Gasteiger partial charge in [0.05, 0.1) is 6.10 Å². The molecule has 0 saturated carbocycles. The molecule has 0 saturated heterocycles. The summed E-state index contributed by atoms with van der Waals surface area (Å²) in [6.45, 7) is 14.2. The number of aromatic nitrogens is 3. The van der Waals surface area contributed by atoms with Gasteiger partial charge in [-0.25, -0.2) is 0 Å². The van der Waals surface area contributed by atoms with E-state index in [0.717, 1.165) is 13.1 Å². The molecule has 0 bridgehead atoms. The van der Waals surface area contributed by atoms with Gasteiger partial charge in [0.15, 0.2) is 0 Å². The van der Waals surface area contributed by atoms with Gasteiger partial charge in [-0.15, -0.1) is 0 Å². The van der Waals surface area contributed by atoms with Crippen molar-refractivity contribution in [1.82, 2.24) is 19.9 Å². The molecule has 0 unspecified atom stereocenters. The molecule has 6 nitrogen and oxygen atoms in total. The van der Waals surface area contributed by atoms with Crippen LogP contribution in [0.5, 0.6) is 6.01 Å². The first-order valence-corrected chi connectivity index (χ1v) is 7.75. The van der Waals surface area contributed by atoms with E-state index in [4.69, 9.17) is 16.3 Å². The molecule has 21 heavy (non-hydrogen) atoms. The summed E-state index contributed by atoms with van der Waals surface area (Å²) in [7, 11) is 0. The second-order valence-corrected chi connectivity index (χ2v) is 6.07. The molecular formula is C14H26ClN5O. The Balaban J connectivity index is 2.60. The lowest BCUT2D eigenvalue weighted by Gasteiger charge is -2.30. The molecule has 0 aliphatic rings. The number of hydrogen-bond donors (Lipinski definition) is 1. The molecule has 120 valence electrons. The van der Waals surface area contributed by atoms with Gasteiger partial charge in [-0.05, 0) is 53.1 Å². The van der Waals surface area contributed by atoms with Gasteiger partial charge in [-0.1, -0.05) is 0 Å². The van der Waals surface area contributed by atoms with Crippen molar-refractivity contribution in [2.24, 2.45) is 0 Å². The van der Waals surface area contributed by atoms with Gasteiger partial charge < -0.3 is 10.1 Å². The summed E-state index contributed by atoms with van der Waals surface area (Å²) in [5, 5.41) is 3.30. The van der Waals surface area contributed by atoms with Crippen molar-refractivity contribution in [2.45, 2.75) is 59.7 Å². The van der Waals surface area contributed by atoms with E-state index >= 15 is 0 Å². The van der Waals surface area contributed by atoms with E-state index in [9.17, 15) is 0 Å². The van der Waals surface area contributed by atoms with Crippen LogP contribution in [0.1, 0.15) is 41.5 Å². The number of nitrogens with zero attached hydrogens (tertiary/aromatic N) is 4. The maximum Gasteiger partial charge on any atom is 0.322 e. The smallest absolute Gasteiger partial charge is 0.322 e. The standard InChI is InChI=1S/C14H26ClN5O/c1-9(2)20(10(3)4)8-7-16-13-17-12(15)18-14(19-13)21-11(5)6/h9-11H,7-8H2,1-6H3,(H,16,17,18,19). The zero-order valence-electron chi connectivity index (χ0n) is 13.7. The molecule has 0 radical (unpaired) electrons. The van der Waals surface area contributed by atoms with Gasteiger partial charge in [0.1, 0.15) is 0 Å². The van der Waals surface area contributed by atoms with E-state index in [1.807, 2.05) is 13.8 Å². The SMILES string of the molecule is CC(C)Oc1nc(Cl)nc(NCCN(C(C)C)C(C)C)n1. The molecule has 1 aromatic heterocycles. The van der Waals surface area contributed by atoms with Crippen LogP contribution in [0.25, 0.3) is 0 Å². The Morgan fingerprint density at radius 3 is 2.19 bits per heavy atom. The van der Waals surface area contributed by atoms with Gasteiger partial charge in [-0.3, -0.25) is 4.90 Å². The molecule has 7 heteroatoms. The molecule has 0 atom stereocenters. The first-order valence-electron chi connectivity index (χ1n) is 7.37. The van der Waals surface area contributed by atoms with Crippen molar-refractivity contribution < 1.29 is 4.74 Å². The van der Waals surface area contributed by atoms with Crippen molar-refractivity contribution >= 4 is 17.5 Å². The third kappa shape index (κ3) is 6.44. The molecule has 0 fully saturated rings. The number of hydrogen-bond acceptors (Lipinski definition) is 6. The van der Waals surface area contributed by atoms with Crippen LogP contribution in [0, 0.1) is 0 Å². The maximum absolute atomic E-state index is 5.88. The number of halogens is 1. The summed E-state index contributed by atoms with van der Waals surface area (Å²) in [4.78, 5) is 14.6. The summed E-state index contributed by atoms with van der Waals surface area (Å²) in [6, 6.07) is 1.24. The lowest BCUT2D eigenvalue weighted by atomic mass is 10.2. The third-order valence-electron chi connectivity index (χ3n) is 2.91. The summed E-state index contributed by atoms with van der Waals surface area (Å²) in [6.07, 6.45) is -0.00584. The zero-order valence-corrected chi connectivity index (χ0v) is 14.5. The summed E-state index contributed by atoms with van der Waals surface area (Å²) < 4.78 is 5.44. The summed E-state index contributed by atoms with van der Waals surface area (Å²) in [5.41, 5.74) is 0. The van der Waals surface area contributed by atoms with E-state index in [2.05, 4.69) is 52.9 Å². The average Bonchev–Trinajstić information content (AvgIpc) is 2.31. The van der Waals surface area contributed by atoms with Gasteiger partial charge in [0.25, 0.3) is 0 Å². The third-order valence-corrected chi connectivity index (χ3v) is 3.08. The molecular weight excluding hydrogens is 290 g/mol. The van der Waals surface area contributed by atoms with Gasteiger partial charge >= 0.3 is 6.01 Å². The molecule has 0 spiro atoms. The molecule has 0 aliphatic heterocycles. The van der Waals surface area contributed by atoms with Crippen molar-refractivity contribution in [3.8, 4) is 6.01 Å². The Hall–Kier alpha value is -1.14. The Kier molecular flexibility index (Phi) is 7.11. The molecule has 0 aliphatic carbocycles. The highest BCUT2D eigenvalue weighted by Crippen LogP contribution is 2.12. The van der Waals surface area contributed by atoms with Crippen LogP contribution in [-0.2, 0) is 0 Å². The number of anilines is 1. The van der Waals surface area contributed by atoms with E-state index in [-0.39, 0.29) is 17.4 Å². The number of ether oxygens (including phenoxy) is 1. The Morgan fingerprint density at radius 1 is 1.05 bits per heavy atom. The summed E-state index contributed by atoms with van der Waals surface area (Å²) in [5.74, 6) is 0.443. The van der Waals surface area contributed by atoms with Crippen molar-refractivity contribution in [3.63, 3.8) is 0 Å². The Morgan fingerprint density at radius 2 is 1.67 bits per heavy atom. The second kappa shape index (κ2) is 8.34. The van der Waals surface area contributed by atoms with Crippen LogP contribution in [0.2, 0.25) is 5.28 Å². The van der Waals surface area contributed by atoms with Crippen LogP contribution in [0.15, 0.2) is 0 Å². The highest BCUT2D eigenvalue weighted by atomic mass is 35.5. The minimum absolute atomic E-state index is 0.00584. The minimum Gasteiger partial charge on any atom is -0.461 e. The Bertz CT molecular complexity index is 431. The highest BCUT2D eigenvalue weighted by molar-refractivity contribution is 6.28. The number of rotatable bonds is 8. The van der Waals surface area contributed by atoms with Crippen LogP contribution in [0.4, 0.5) is 5.95 Å². The minimum atomic E-state index is -0.00584. The van der Waals surface area contributed by atoms with E-state index in [1.165, 1.54) is 0 Å². The monoisotopic (exact) mass is 315 g/mol. The lowest BCUT2D eigenvalue weighted by Crippen LogP contribution is -2.40. The first kappa shape index (κ1) is 17.9. The van der Waals surface area contributed by atoms with Crippen molar-refractivity contribution in [1.29, 1.82) is 0 Å². The van der Waals surface area contributed by atoms with Crippen LogP contribution >= 0.6 is 11.6 Å². The van der Waals surface area contributed by atoms with E-state index < -0.39 is 0 Å². The predicted octanol–water partition coefficient (Wildman–Crippen LogP) is 2.84. The first-order chi connectivity index (χ1) is 9.79. The summed E-state index contributed by atoms with van der Waals surface area (Å²) >= 11 is 5.88. The van der Waals surface area contributed by atoms with E-state index in [0.29, 0.717) is 18.0 Å². The average molecular weight is 316 g/mol. The molecule has 1 N–H and O–H groups in total. The normalized spacial score (nSPS) is 11.8. The van der Waals surface area contributed by atoms with Gasteiger partial charge in [-0.2, -0.15) is 15.0 Å². The topological polar surface area (TPSA) is 63.2 Å². The van der Waals surface area contributed by atoms with Crippen LogP contribution in [-0.4, -0.2) is 51.1 Å². The molecule has 1 rings (SSSR count). The van der Waals surface area contributed by atoms with Crippen LogP contribution in [0.3, 0.4) is 0 Å². The molecule has 1 heterocycles. The zero-order chi connectivity index (χ0) is 16.0. The Labute approximate surface area is 132 Å². The van der Waals surface area contributed by atoms with Crippen molar-refractivity contribution in [2.75, 3.05) is 18.4 Å². The van der Waals surface area contributed by atoms with Crippen molar-refractivity contribution in [3.05, 3.63) is 5.28 Å². The number of nitrogens with one attached hydrogen (secondary N) is 1. The lowest BCUT2D eigenvalue weighted by molar-refractivity contribution is 0.182. The van der Waals surface area contributed by atoms with Crippen LogP contribution < -0.4 is 10.1 Å². The highest BCUT2D eigenvalue weighted by Gasteiger charge is 2.13. The maximum atomic E-state index is 5.88. The van der Waals surface area contributed by atoms with Gasteiger partial charge in [0.2, 0.25) is 11.2 Å². The fourth-order valence-electron chi connectivity index (χ4n) is 2.08. The fraction of sp³-hybridized carbons (Fsp3) is 0.786. The molecule has 1 aromatic rings.